The Morgan fingerprint density at radius 3 is 2.23 bits per heavy atom. The van der Waals surface area contributed by atoms with Crippen LogP contribution in [0.1, 0.15) is 84.1 Å². The molecular weight excluding hydrogens is 1020 g/mol. The van der Waals surface area contributed by atoms with Gasteiger partial charge in [-0.15, -0.1) is 11.6 Å². The first-order valence-electron chi connectivity index (χ1n) is 26.4. The number of amides is 6. The van der Waals surface area contributed by atoms with E-state index >= 15 is 0 Å². The number of aliphatic hydroxyl groups excluding tert-OH is 1. The van der Waals surface area contributed by atoms with E-state index in [1.54, 1.807) is 52.0 Å². The van der Waals surface area contributed by atoms with Crippen LogP contribution in [0.5, 0.6) is 17.2 Å². The fourth-order valence-electron chi connectivity index (χ4n) is 10.9. The fraction of sp³-hybridized carbons (Fsp3) is 0.414. The van der Waals surface area contributed by atoms with Gasteiger partial charge >= 0.3 is 12.2 Å². The number of methoxy groups -OCH3 is 1. The highest BCUT2D eigenvalue weighted by Crippen LogP contribution is 2.47. The van der Waals surface area contributed by atoms with Crippen molar-refractivity contribution in [3.05, 3.63) is 118 Å². The van der Waals surface area contributed by atoms with Crippen LogP contribution in [0.4, 0.5) is 26.7 Å². The summed E-state index contributed by atoms with van der Waals surface area (Å²) in [5.74, 6) is -0.950. The van der Waals surface area contributed by atoms with Crippen LogP contribution in [0.25, 0.3) is 10.8 Å². The van der Waals surface area contributed by atoms with Crippen LogP contribution in [0.15, 0.2) is 84.9 Å². The molecule has 19 nitrogen and oxygen atoms in total. The molecule has 6 amide bonds. The topological polar surface area (TPSA) is 237 Å². The Hall–Kier alpha value is -7.45. The number of piperazine rings is 1. The van der Waals surface area contributed by atoms with Crippen molar-refractivity contribution in [3.63, 3.8) is 0 Å². The van der Waals surface area contributed by atoms with E-state index in [1.807, 2.05) is 69.4 Å². The van der Waals surface area contributed by atoms with Crippen molar-refractivity contribution in [3.8, 4) is 17.2 Å². The molecule has 0 bridgehead atoms. The van der Waals surface area contributed by atoms with E-state index in [-0.39, 0.29) is 65.8 Å². The maximum Gasteiger partial charge on any atom is 0.415 e. The lowest BCUT2D eigenvalue weighted by atomic mass is 9.94. The van der Waals surface area contributed by atoms with Gasteiger partial charge < -0.3 is 60.4 Å². The van der Waals surface area contributed by atoms with Crippen LogP contribution in [-0.4, -0.2) is 144 Å². The molecule has 4 aliphatic rings. The number of fused-ring (bicyclic) bond motifs is 5. The molecule has 412 valence electrons. The van der Waals surface area contributed by atoms with Crippen molar-refractivity contribution in [1.29, 1.82) is 0 Å². The number of carboxylic acid groups (broad SMARTS) is 1. The molecule has 0 aliphatic carbocycles. The summed E-state index contributed by atoms with van der Waals surface area (Å²) < 4.78 is 18.7. The van der Waals surface area contributed by atoms with Crippen LogP contribution in [0, 0.1) is 5.92 Å². The summed E-state index contributed by atoms with van der Waals surface area (Å²) in [6.45, 7) is 8.30. The Labute approximate surface area is 458 Å². The number of alkyl halides is 1. The largest absolute Gasteiger partial charge is 0.493 e. The van der Waals surface area contributed by atoms with E-state index in [1.165, 1.54) is 13.2 Å². The van der Waals surface area contributed by atoms with Crippen LogP contribution in [0.3, 0.4) is 0 Å². The van der Waals surface area contributed by atoms with Gasteiger partial charge in [0, 0.05) is 86.3 Å². The molecular formula is C58H67ClN8O11. The molecule has 4 heterocycles. The highest BCUT2D eigenvalue weighted by Gasteiger charge is 2.45. The van der Waals surface area contributed by atoms with Gasteiger partial charge in [0.05, 0.1) is 42.6 Å². The average Bonchev–Trinajstić information content (AvgIpc) is 3.88. The van der Waals surface area contributed by atoms with Crippen LogP contribution in [-0.2, 0) is 33.8 Å². The predicted octanol–water partition coefficient (Wildman–Crippen LogP) is 6.91. The van der Waals surface area contributed by atoms with Gasteiger partial charge in [-0.3, -0.25) is 19.2 Å². The number of likely N-dealkylation sites (N-methyl/N-ethyl adjacent to an activating group) is 1. The van der Waals surface area contributed by atoms with Gasteiger partial charge in [-0.1, -0.05) is 74.5 Å². The number of ether oxygens (including phenoxy) is 3. The highest BCUT2D eigenvalue weighted by molar-refractivity contribution is 6.19. The molecule has 0 radical (unpaired) electrons. The molecule has 9 rings (SSSR count). The number of hydrogen-bond donors (Lipinski definition) is 5. The number of carbonyl (C=O) groups is 6. The van der Waals surface area contributed by atoms with E-state index < -0.39 is 54.3 Å². The lowest BCUT2D eigenvalue weighted by Gasteiger charge is -2.38. The molecule has 0 spiro atoms. The normalized spacial score (nSPS) is 19.1. The SMILES string of the molecule is COc1c(OCc2cccc(CC(=O)N3C[C@@H](CCl)c4c3cc(OC(=O)N3CCN(C)CC3)c3ccccc43)c2)cc2c(c1Cc1ccc(NC(=O)C(C)NC(=O)C(N)C(C)C)cc1)C(=O)N1CCCC[C@H]1C(O)N2C(=O)O. The van der Waals surface area contributed by atoms with Crippen LogP contribution in [0.2, 0.25) is 0 Å². The first-order chi connectivity index (χ1) is 37.5. The molecule has 5 atom stereocenters. The Bertz CT molecular complexity index is 3110. The fourth-order valence-corrected chi connectivity index (χ4v) is 11.2. The summed E-state index contributed by atoms with van der Waals surface area (Å²) in [5, 5.41) is 29.6. The Morgan fingerprint density at radius 1 is 0.833 bits per heavy atom. The van der Waals surface area contributed by atoms with Gasteiger partial charge in [0.15, 0.2) is 17.7 Å². The molecule has 3 unspecified atom stereocenters. The van der Waals surface area contributed by atoms with Crippen LogP contribution >= 0.6 is 11.6 Å². The average molecular weight is 1090 g/mol. The zero-order chi connectivity index (χ0) is 55.5. The van der Waals surface area contributed by atoms with Gasteiger partial charge in [0.25, 0.3) is 5.91 Å². The highest BCUT2D eigenvalue weighted by atomic mass is 35.5. The first kappa shape index (κ1) is 55.3. The number of benzene rings is 5. The molecule has 0 aromatic heterocycles. The quantitative estimate of drug-likeness (QED) is 0.0671. The second-order valence-electron chi connectivity index (χ2n) is 20.9. The number of piperidine rings is 1. The van der Waals surface area contributed by atoms with Crippen LogP contribution < -0.4 is 40.4 Å². The Kier molecular flexibility index (Phi) is 16.8. The second-order valence-corrected chi connectivity index (χ2v) is 21.2. The van der Waals surface area contributed by atoms with E-state index in [0.29, 0.717) is 84.8 Å². The summed E-state index contributed by atoms with van der Waals surface area (Å²) in [6.07, 6.45) is -1.70. The molecule has 78 heavy (non-hydrogen) atoms. The number of anilines is 3. The smallest absolute Gasteiger partial charge is 0.415 e. The molecule has 6 N–H and O–H groups in total. The molecule has 5 aromatic carbocycles. The third-order valence-corrected chi connectivity index (χ3v) is 15.7. The van der Waals surface area contributed by atoms with Crippen molar-refractivity contribution >= 4 is 75.3 Å². The number of carbonyl (C=O) groups excluding carboxylic acids is 5. The van der Waals surface area contributed by atoms with E-state index in [4.69, 9.17) is 31.5 Å². The number of aliphatic hydroxyl groups is 1. The number of nitrogens with one attached hydrogen (secondary N) is 2. The standard InChI is InChI=1S/C58H67ClN8O11/c1-33(2)51(60)54(70)61-34(3)53(69)62-39-18-16-35(17-19-39)26-42-50-45(67(57(73)74)55(71)43-15-8-9-20-65(43)56(50)72)29-47(52(42)76-5)77-32-37-12-10-11-36(25-37)27-48(68)66-31-38(30-59)49-41-14-7-6-13-40(41)46(28-44(49)66)78-58(75)64-23-21-63(4)22-24-64/h6-7,10-14,16-19,25,28-29,33-34,38,43,51,55,71H,8-9,15,20-24,26-27,30-32,60H2,1-5H3,(H,61,70)(H,62,69)(H,73,74)/t34?,38-,43+,51?,55?/m1/s1. The van der Waals surface area contributed by atoms with E-state index in [9.17, 15) is 39.0 Å². The van der Waals surface area contributed by atoms with E-state index in [2.05, 4.69) is 15.5 Å². The third-order valence-electron chi connectivity index (χ3n) is 15.3. The summed E-state index contributed by atoms with van der Waals surface area (Å²) in [7, 11) is 3.44. The number of nitrogens with zero attached hydrogens (tertiary/aromatic N) is 5. The van der Waals surface area contributed by atoms with Crippen molar-refractivity contribution in [2.45, 2.75) is 89.8 Å². The van der Waals surface area contributed by atoms with Crippen molar-refractivity contribution in [2.75, 3.05) is 74.4 Å². The lowest BCUT2D eigenvalue weighted by molar-refractivity contribution is -0.127. The maximum absolute atomic E-state index is 14.8. The molecule has 20 heteroatoms. The number of halogens is 1. The second kappa shape index (κ2) is 23.7. The van der Waals surface area contributed by atoms with Crippen molar-refractivity contribution < 1.29 is 53.2 Å². The Morgan fingerprint density at radius 2 is 1.54 bits per heavy atom. The molecule has 2 saturated heterocycles. The summed E-state index contributed by atoms with van der Waals surface area (Å²) in [6, 6.07) is 22.6. The maximum atomic E-state index is 14.8. The monoisotopic (exact) mass is 1090 g/mol. The van der Waals surface area contributed by atoms with Gasteiger partial charge in [-0.2, -0.15) is 0 Å². The van der Waals surface area contributed by atoms with Gasteiger partial charge in [-0.05, 0) is 78.9 Å². The number of hydrogen-bond acceptors (Lipinski definition) is 12. The van der Waals surface area contributed by atoms with Crippen molar-refractivity contribution in [2.24, 2.45) is 11.7 Å². The minimum absolute atomic E-state index is 0.00808. The molecule has 2 fully saturated rings. The summed E-state index contributed by atoms with van der Waals surface area (Å²) in [5.41, 5.74) is 10.3. The van der Waals surface area contributed by atoms with Gasteiger partial charge in [-0.25, -0.2) is 14.5 Å². The zero-order valence-electron chi connectivity index (χ0n) is 44.5. The van der Waals surface area contributed by atoms with E-state index in [0.717, 1.165) is 34.3 Å². The lowest BCUT2D eigenvalue weighted by Crippen LogP contribution is -2.54. The van der Waals surface area contributed by atoms with Crippen molar-refractivity contribution in [1.82, 2.24) is 20.0 Å². The molecule has 5 aromatic rings. The number of nitrogens with two attached hydrogens (primary N) is 1. The first-order valence-corrected chi connectivity index (χ1v) is 27.0. The van der Waals surface area contributed by atoms with Gasteiger partial charge in [0.2, 0.25) is 17.7 Å². The summed E-state index contributed by atoms with van der Waals surface area (Å²) >= 11 is 6.60. The zero-order valence-corrected chi connectivity index (χ0v) is 45.3. The minimum atomic E-state index is -1.59. The molecule has 0 saturated carbocycles. The molecule has 4 aliphatic heterocycles. The minimum Gasteiger partial charge on any atom is -0.493 e. The Balaban J connectivity index is 0.984. The number of rotatable bonds is 15. The third kappa shape index (κ3) is 11.4. The predicted molar refractivity (Wildman–Crippen MR) is 296 cm³/mol. The summed E-state index contributed by atoms with van der Waals surface area (Å²) in [4.78, 5) is 89.6. The van der Waals surface area contributed by atoms with Gasteiger partial charge in [0.1, 0.15) is 18.4 Å².